The second-order valence-corrected chi connectivity index (χ2v) is 8.80. The Bertz CT molecular complexity index is 1140. The summed E-state index contributed by atoms with van der Waals surface area (Å²) in [6.45, 7) is 3.14. The van der Waals surface area contributed by atoms with E-state index in [1.54, 1.807) is 30.0 Å². The number of nitrogens with zero attached hydrogens (tertiary/aromatic N) is 4. The number of aromatic nitrogens is 3. The molecular weight excluding hydrogens is 416 g/mol. The SMILES string of the molecule is CCSc1ccccc1C(=O)N(CCn1cccn1)c1nc2ccc(OC)cc2s1. The highest BCUT2D eigenvalue weighted by Gasteiger charge is 2.23. The summed E-state index contributed by atoms with van der Waals surface area (Å²) in [5.74, 6) is 1.62. The molecule has 0 N–H and O–H groups in total. The number of methoxy groups -OCH3 is 1. The highest BCUT2D eigenvalue weighted by atomic mass is 32.2. The van der Waals surface area contributed by atoms with Gasteiger partial charge in [0.05, 0.1) is 29.4 Å². The molecule has 0 bridgehead atoms. The van der Waals surface area contributed by atoms with Crippen LogP contribution in [0.4, 0.5) is 5.13 Å². The fourth-order valence-electron chi connectivity index (χ4n) is 3.12. The van der Waals surface area contributed by atoms with Gasteiger partial charge in [0.2, 0.25) is 0 Å². The van der Waals surface area contributed by atoms with Crippen LogP contribution >= 0.6 is 23.1 Å². The largest absolute Gasteiger partial charge is 0.497 e. The molecule has 0 saturated heterocycles. The molecule has 8 heteroatoms. The maximum Gasteiger partial charge on any atom is 0.261 e. The first-order valence-electron chi connectivity index (χ1n) is 9.65. The molecule has 1 amide bonds. The van der Waals surface area contributed by atoms with E-state index in [-0.39, 0.29) is 5.91 Å². The van der Waals surface area contributed by atoms with Gasteiger partial charge in [0, 0.05) is 23.8 Å². The van der Waals surface area contributed by atoms with Crippen molar-refractivity contribution in [1.82, 2.24) is 14.8 Å². The Morgan fingerprint density at radius 2 is 2.10 bits per heavy atom. The van der Waals surface area contributed by atoms with Gasteiger partial charge in [-0.3, -0.25) is 14.4 Å². The predicted octanol–water partition coefficient (Wildman–Crippen LogP) is 4.96. The number of anilines is 1. The normalized spacial score (nSPS) is 11.0. The van der Waals surface area contributed by atoms with Gasteiger partial charge in [-0.15, -0.1) is 11.8 Å². The van der Waals surface area contributed by atoms with Crippen molar-refractivity contribution in [2.45, 2.75) is 18.4 Å². The van der Waals surface area contributed by atoms with Crippen LogP contribution in [0.1, 0.15) is 17.3 Å². The number of amides is 1. The van der Waals surface area contributed by atoms with E-state index in [4.69, 9.17) is 9.72 Å². The van der Waals surface area contributed by atoms with E-state index in [1.807, 2.05) is 59.4 Å². The lowest BCUT2D eigenvalue weighted by atomic mass is 10.2. The van der Waals surface area contributed by atoms with Crippen molar-refractivity contribution in [3.63, 3.8) is 0 Å². The lowest BCUT2D eigenvalue weighted by Gasteiger charge is -2.21. The Kier molecular flexibility index (Phi) is 6.35. The Morgan fingerprint density at radius 3 is 2.87 bits per heavy atom. The first-order valence-corrected chi connectivity index (χ1v) is 11.5. The number of carbonyl (C=O) groups excluding carboxylic acids is 1. The van der Waals surface area contributed by atoms with E-state index in [2.05, 4.69) is 12.0 Å². The van der Waals surface area contributed by atoms with E-state index >= 15 is 0 Å². The molecule has 0 aliphatic rings. The Balaban J connectivity index is 1.71. The molecular formula is C22H22N4O2S2. The van der Waals surface area contributed by atoms with Crippen LogP contribution in [0, 0.1) is 0 Å². The summed E-state index contributed by atoms with van der Waals surface area (Å²) in [6.07, 6.45) is 3.63. The van der Waals surface area contributed by atoms with Crippen LogP contribution in [0.15, 0.2) is 65.8 Å². The van der Waals surface area contributed by atoms with Gasteiger partial charge >= 0.3 is 0 Å². The molecule has 0 spiro atoms. The number of fused-ring (bicyclic) bond motifs is 1. The fraction of sp³-hybridized carbons (Fsp3) is 0.227. The van der Waals surface area contributed by atoms with Crippen molar-refractivity contribution < 1.29 is 9.53 Å². The third kappa shape index (κ3) is 4.34. The van der Waals surface area contributed by atoms with E-state index in [9.17, 15) is 4.79 Å². The molecule has 0 unspecified atom stereocenters. The van der Waals surface area contributed by atoms with Crippen LogP contribution in [-0.2, 0) is 6.54 Å². The van der Waals surface area contributed by atoms with E-state index in [0.29, 0.717) is 23.8 Å². The van der Waals surface area contributed by atoms with Crippen molar-refractivity contribution in [3.8, 4) is 5.75 Å². The molecule has 4 rings (SSSR count). The Hall–Kier alpha value is -2.84. The Labute approximate surface area is 183 Å². The highest BCUT2D eigenvalue weighted by Crippen LogP contribution is 2.33. The first kappa shape index (κ1) is 20.4. The number of hydrogen-bond donors (Lipinski definition) is 0. The van der Waals surface area contributed by atoms with Crippen LogP contribution < -0.4 is 9.64 Å². The van der Waals surface area contributed by atoms with Crippen molar-refractivity contribution >= 4 is 44.4 Å². The van der Waals surface area contributed by atoms with Crippen LogP contribution in [0.2, 0.25) is 0 Å². The average molecular weight is 439 g/mol. The molecule has 0 aliphatic carbocycles. The third-order valence-corrected chi connectivity index (χ3v) is 6.59. The van der Waals surface area contributed by atoms with E-state index in [0.717, 1.165) is 26.6 Å². The smallest absolute Gasteiger partial charge is 0.261 e. The topological polar surface area (TPSA) is 60.2 Å². The number of hydrogen-bond acceptors (Lipinski definition) is 6. The van der Waals surface area contributed by atoms with Gasteiger partial charge in [0.25, 0.3) is 5.91 Å². The van der Waals surface area contributed by atoms with Crippen LogP contribution in [0.3, 0.4) is 0 Å². The summed E-state index contributed by atoms with van der Waals surface area (Å²) < 4.78 is 8.14. The molecule has 2 heterocycles. The van der Waals surface area contributed by atoms with E-state index < -0.39 is 0 Å². The van der Waals surface area contributed by atoms with Crippen molar-refractivity contribution in [3.05, 3.63) is 66.5 Å². The zero-order valence-corrected chi connectivity index (χ0v) is 18.4. The zero-order chi connectivity index (χ0) is 20.9. The number of thioether (sulfide) groups is 1. The summed E-state index contributed by atoms with van der Waals surface area (Å²) in [7, 11) is 1.64. The van der Waals surface area contributed by atoms with Gasteiger partial charge in [-0.25, -0.2) is 4.98 Å². The average Bonchev–Trinajstić information content (AvgIpc) is 3.43. The molecule has 0 fully saturated rings. The van der Waals surface area contributed by atoms with Gasteiger partial charge in [0.15, 0.2) is 5.13 Å². The molecule has 0 radical (unpaired) electrons. The first-order chi connectivity index (χ1) is 14.7. The summed E-state index contributed by atoms with van der Waals surface area (Å²) in [6, 6.07) is 15.4. The van der Waals surface area contributed by atoms with Gasteiger partial charge in [-0.05, 0) is 42.2 Å². The number of rotatable bonds is 8. The van der Waals surface area contributed by atoms with Gasteiger partial charge < -0.3 is 4.74 Å². The molecule has 2 aromatic heterocycles. The van der Waals surface area contributed by atoms with Crippen LogP contribution in [-0.4, -0.2) is 40.1 Å². The van der Waals surface area contributed by atoms with Crippen LogP contribution in [0.5, 0.6) is 5.75 Å². The highest BCUT2D eigenvalue weighted by molar-refractivity contribution is 7.99. The second kappa shape index (κ2) is 9.32. The molecule has 0 atom stereocenters. The number of benzene rings is 2. The lowest BCUT2D eigenvalue weighted by molar-refractivity contribution is 0.0983. The van der Waals surface area contributed by atoms with Crippen molar-refractivity contribution in [2.75, 3.05) is 24.3 Å². The van der Waals surface area contributed by atoms with Crippen molar-refractivity contribution in [2.24, 2.45) is 0 Å². The lowest BCUT2D eigenvalue weighted by Crippen LogP contribution is -2.34. The predicted molar refractivity (Wildman–Crippen MR) is 123 cm³/mol. The number of ether oxygens (including phenoxy) is 1. The number of thiazole rings is 1. The maximum atomic E-state index is 13.6. The van der Waals surface area contributed by atoms with Crippen molar-refractivity contribution in [1.29, 1.82) is 0 Å². The molecule has 0 saturated carbocycles. The minimum Gasteiger partial charge on any atom is -0.497 e. The molecule has 30 heavy (non-hydrogen) atoms. The summed E-state index contributed by atoms with van der Waals surface area (Å²) in [4.78, 5) is 21.1. The third-order valence-electron chi connectivity index (χ3n) is 4.59. The minimum atomic E-state index is -0.0512. The van der Waals surface area contributed by atoms with E-state index in [1.165, 1.54) is 11.3 Å². The molecule has 6 nitrogen and oxygen atoms in total. The van der Waals surface area contributed by atoms with Gasteiger partial charge in [0.1, 0.15) is 5.75 Å². The van der Waals surface area contributed by atoms with Crippen LogP contribution in [0.25, 0.3) is 10.2 Å². The minimum absolute atomic E-state index is 0.0512. The zero-order valence-electron chi connectivity index (χ0n) is 16.8. The quantitative estimate of drug-likeness (QED) is 0.364. The summed E-state index contributed by atoms with van der Waals surface area (Å²) in [5, 5.41) is 4.94. The molecule has 2 aromatic carbocycles. The second-order valence-electron chi connectivity index (χ2n) is 6.49. The van der Waals surface area contributed by atoms with Gasteiger partial charge in [-0.2, -0.15) is 5.10 Å². The summed E-state index contributed by atoms with van der Waals surface area (Å²) in [5.41, 5.74) is 1.55. The standard InChI is InChI=1S/C22H22N4O2S2/c1-3-29-19-8-5-4-7-17(19)21(27)26(14-13-25-12-6-11-23-25)22-24-18-10-9-16(28-2)15-20(18)30-22/h4-12,15H,3,13-14H2,1-2H3. The molecule has 0 aliphatic heterocycles. The molecule has 4 aromatic rings. The Morgan fingerprint density at radius 1 is 1.23 bits per heavy atom. The van der Waals surface area contributed by atoms with Gasteiger partial charge in [-0.1, -0.05) is 30.4 Å². The molecule has 154 valence electrons. The fourth-order valence-corrected chi connectivity index (χ4v) is 4.94. The number of carbonyl (C=O) groups is 1. The summed E-state index contributed by atoms with van der Waals surface area (Å²) >= 11 is 3.16. The monoisotopic (exact) mass is 438 g/mol. The maximum absolute atomic E-state index is 13.6.